The average Bonchev–Trinajstić information content (AvgIpc) is 2.67. The summed E-state index contributed by atoms with van der Waals surface area (Å²) >= 11 is 1.72. The van der Waals surface area contributed by atoms with Gasteiger partial charge in [0.2, 0.25) is 0 Å². The predicted octanol–water partition coefficient (Wildman–Crippen LogP) is 2.22. The van der Waals surface area contributed by atoms with Crippen LogP contribution in [0.5, 0.6) is 0 Å². The highest BCUT2D eigenvalue weighted by atomic mass is 32.1. The zero-order chi connectivity index (χ0) is 12.2. The normalized spacial score (nSPS) is 12.4. The molecule has 0 fully saturated rings. The first-order valence-corrected chi connectivity index (χ1v) is 6.81. The van der Waals surface area contributed by atoms with E-state index in [4.69, 9.17) is 5.73 Å². The summed E-state index contributed by atoms with van der Waals surface area (Å²) in [5.74, 6) is 0. The van der Waals surface area contributed by atoms with Gasteiger partial charge in [-0.1, -0.05) is 13.8 Å². The van der Waals surface area contributed by atoms with E-state index in [1.165, 1.54) is 5.01 Å². The molecule has 0 atom stereocenters. The van der Waals surface area contributed by atoms with Crippen LogP contribution in [0.4, 0.5) is 0 Å². The Morgan fingerprint density at radius 1 is 1.38 bits per heavy atom. The fourth-order valence-electron chi connectivity index (χ4n) is 1.52. The molecule has 0 spiro atoms. The first-order valence-electron chi connectivity index (χ1n) is 5.93. The highest BCUT2D eigenvalue weighted by Gasteiger charge is 2.17. The largest absolute Gasteiger partial charge is 0.321 e. The van der Waals surface area contributed by atoms with Crippen molar-refractivity contribution in [3.05, 3.63) is 16.1 Å². The number of nitrogens with zero attached hydrogens (tertiary/aromatic N) is 2. The Bertz CT molecular complexity index is 310. The van der Waals surface area contributed by atoms with Gasteiger partial charge in [0, 0.05) is 18.3 Å². The van der Waals surface area contributed by atoms with Crippen LogP contribution in [-0.4, -0.2) is 29.5 Å². The van der Waals surface area contributed by atoms with Crippen molar-refractivity contribution in [1.29, 1.82) is 0 Å². The second-order valence-electron chi connectivity index (χ2n) is 4.63. The topological polar surface area (TPSA) is 42.2 Å². The van der Waals surface area contributed by atoms with Crippen LogP contribution in [0.1, 0.15) is 38.4 Å². The van der Waals surface area contributed by atoms with E-state index in [2.05, 4.69) is 29.1 Å². The molecular formula is C12H23N3S. The summed E-state index contributed by atoms with van der Waals surface area (Å²) < 4.78 is 0. The van der Waals surface area contributed by atoms with Crippen LogP contribution in [0.15, 0.2) is 5.38 Å². The molecule has 1 aromatic rings. The Morgan fingerprint density at radius 3 is 2.44 bits per heavy atom. The molecule has 1 aromatic heterocycles. The van der Waals surface area contributed by atoms with Gasteiger partial charge in [0.15, 0.2) is 0 Å². The summed E-state index contributed by atoms with van der Waals surface area (Å²) in [7, 11) is 0. The highest BCUT2D eigenvalue weighted by molar-refractivity contribution is 7.09. The summed E-state index contributed by atoms with van der Waals surface area (Å²) in [5.41, 5.74) is 6.70. The number of aromatic nitrogens is 1. The number of thiazole rings is 1. The lowest BCUT2D eigenvalue weighted by Gasteiger charge is -2.17. The molecule has 3 nitrogen and oxygen atoms in total. The van der Waals surface area contributed by atoms with Crippen LogP contribution in [0.25, 0.3) is 0 Å². The van der Waals surface area contributed by atoms with E-state index in [0.717, 1.165) is 31.7 Å². The zero-order valence-corrected chi connectivity index (χ0v) is 11.6. The molecular weight excluding hydrogens is 218 g/mol. The smallest absolute Gasteiger partial charge is 0.0941 e. The summed E-state index contributed by atoms with van der Waals surface area (Å²) in [5, 5.41) is 3.28. The minimum atomic E-state index is -0.316. The van der Waals surface area contributed by atoms with E-state index in [9.17, 15) is 0 Å². The summed E-state index contributed by atoms with van der Waals surface area (Å²) in [4.78, 5) is 7.00. The van der Waals surface area contributed by atoms with Gasteiger partial charge in [-0.15, -0.1) is 11.3 Å². The third-order valence-corrected chi connectivity index (χ3v) is 3.66. The third kappa shape index (κ3) is 3.85. The highest BCUT2D eigenvalue weighted by Crippen LogP contribution is 2.20. The van der Waals surface area contributed by atoms with Gasteiger partial charge in [-0.05, 0) is 26.9 Å². The molecule has 0 aliphatic heterocycles. The summed E-state index contributed by atoms with van der Waals surface area (Å²) in [6.07, 6.45) is 1.03. The van der Waals surface area contributed by atoms with Crippen molar-refractivity contribution in [2.75, 3.05) is 19.6 Å². The Labute approximate surface area is 103 Å². The van der Waals surface area contributed by atoms with E-state index in [-0.39, 0.29) is 5.54 Å². The molecule has 0 saturated carbocycles. The van der Waals surface area contributed by atoms with Crippen molar-refractivity contribution in [3.63, 3.8) is 0 Å². The molecule has 2 N–H and O–H groups in total. The van der Waals surface area contributed by atoms with E-state index in [0.29, 0.717) is 0 Å². The van der Waals surface area contributed by atoms with E-state index >= 15 is 0 Å². The van der Waals surface area contributed by atoms with Gasteiger partial charge < -0.3 is 10.6 Å². The Hall–Kier alpha value is -0.450. The lowest BCUT2D eigenvalue weighted by molar-refractivity contribution is 0.307. The fourth-order valence-corrected chi connectivity index (χ4v) is 2.48. The van der Waals surface area contributed by atoms with Crippen LogP contribution in [0.2, 0.25) is 0 Å². The Balaban J connectivity index is 2.53. The maximum Gasteiger partial charge on any atom is 0.0941 e. The van der Waals surface area contributed by atoms with Crippen molar-refractivity contribution in [3.8, 4) is 0 Å². The van der Waals surface area contributed by atoms with Gasteiger partial charge in [0.05, 0.1) is 16.2 Å². The average molecular weight is 241 g/mol. The zero-order valence-electron chi connectivity index (χ0n) is 10.8. The van der Waals surface area contributed by atoms with Crippen LogP contribution >= 0.6 is 11.3 Å². The lowest BCUT2D eigenvalue weighted by atomic mass is 10.0. The summed E-state index contributed by atoms with van der Waals surface area (Å²) in [6, 6.07) is 0. The second kappa shape index (κ2) is 5.75. The molecule has 1 rings (SSSR count). The number of rotatable bonds is 6. The Kier molecular flexibility index (Phi) is 4.89. The molecule has 0 amide bonds. The monoisotopic (exact) mass is 241 g/mol. The molecule has 0 bridgehead atoms. The number of hydrogen-bond acceptors (Lipinski definition) is 4. The van der Waals surface area contributed by atoms with Gasteiger partial charge in [-0.2, -0.15) is 0 Å². The molecule has 16 heavy (non-hydrogen) atoms. The van der Waals surface area contributed by atoms with Crippen molar-refractivity contribution in [1.82, 2.24) is 9.88 Å². The van der Waals surface area contributed by atoms with Crippen molar-refractivity contribution in [2.24, 2.45) is 5.73 Å². The molecule has 0 unspecified atom stereocenters. The maximum atomic E-state index is 6.01. The van der Waals surface area contributed by atoms with E-state index in [1.54, 1.807) is 11.3 Å². The van der Waals surface area contributed by atoms with Crippen molar-refractivity contribution < 1.29 is 0 Å². The summed E-state index contributed by atoms with van der Waals surface area (Å²) in [6.45, 7) is 11.7. The SMILES string of the molecule is CCN(CC)CCc1nc(C(C)(C)N)cs1. The van der Waals surface area contributed by atoms with Gasteiger partial charge in [-0.25, -0.2) is 4.98 Å². The number of hydrogen-bond donors (Lipinski definition) is 1. The lowest BCUT2D eigenvalue weighted by Crippen LogP contribution is -2.29. The molecule has 0 saturated heterocycles. The van der Waals surface area contributed by atoms with Crippen LogP contribution in [0.3, 0.4) is 0 Å². The van der Waals surface area contributed by atoms with Crippen molar-refractivity contribution >= 4 is 11.3 Å². The first kappa shape index (κ1) is 13.6. The number of likely N-dealkylation sites (N-methyl/N-ethyl adjacent to an activating group) is 1. The number of nitrogens with two attached hydrogens (primary N) is 1. The molecule has 4 heteroatoms. The minimum absolute atomic E-state index is 0.316. The van der Waals surface area contributed by atoms with Crippen LogP contribution < -0.4 is 5.73 Å². The quantitative estimate of drug-likeness (QED) is 0.830. The van der Waals surface area contributed by atoms with Gasteiger partial charge >= 0.3 is 0 Å². The van der Waals surface area contributed by atoms with Crippen molar-refractivity contribution in [2.45, 2.75) is 39.7 Å². The van der Waals surface area contributed by atoms with E-state index in [1.807, 2.05) is 13.8 Å². The molecule has 0 aromatic carbocycles. The maximum absolute atomic E-state index is 6.01. The van der Waals surface area contributed by atoms with Crippen LogP contribution in [0, 0.1) is 0 Å². The van der Waals surface area contributed by atoms with E-state index < -0.39 is 0 Å². The van der Waals surface area contributed by atoms with Crippen LogP contribution in [-0.2, 0) is 12.0 Å². The van der Waals surface area contributed by atoms with Gasteiger partial charge in [0.1, 0.15) is 0 Å². The third-order valence-electron chi connectivity index (χ3n) is 2.75. The molecule has 0 aliphatic carbocycles. The molecule has 0 aliphatic rings. The predicted molar refractivity (Wildman–Crippen MR) is 70.8 cm³/mol. The molecule has 92 valence electrons. The molecule has 1 heterocycles. The second-order valence-corrected chi connectivity index (χ2v) is 5.57. The van der Waals surface area contributed by atoms with Gasteiger partial charge in [0.25, 0.3) is 0 Å². The molecule has 0 radical (unpaired) electrons. The minimum Gasteiger partial charge on any atom is -0.321 e. The standard InChI is InChI=1S/C12H23N3S/c1-5-15(6-2)8-7-11-14-10(9-16-11)12(3,4)13/h9H,5-8,13H2,1-4H3. The van der Waals surface area contributed by atoms with Gasteiger partial charge in [-0.3, -0.25) is 0 Å². The first-order chi connectivity index (χ1) is 7.47. The fraction of sp³-hybridized carbons (Fsp3) is 0.750. The Morgan fingerprint density at radius 2 is 2.00 bits per heavy atom.